The Morgan fingerprint density at radius 2 is 0.310 bits per heavy atom. The van der Waals surface area contributed by atoms with E-state index in [0.717, 1.165) is 0 Å². The summed E-state index contributed by atoms with van der Waals surface area (Å²) in [7, 11) is -15.5. The van der Waals surface area contributed by atoms with Crippen LogP contribution >= 0.6 is 0 Å². The van der Waals surface area contributed by atoms with E-state index in [1.807, 2.05) is 0 Å². The fraction of sp³-hybridized carbons (Fsp3) is 0. The van der Waals surface area contributed by atoms with Gasteiger partial charge in [-0.3, -0.25) is 25.3 Å². The molecule has 0 aliphatic heterocycles. The number of rotatable bonds is 0. The van der Waals surface area contributed by atoms with Gasteiger partial charge in [-0.1, -0.05) is 0 Å². The Labute approximate surface area is 332 Å². The molecule has 0 saturated heterocycles. The first-order valence-electron chi connectivity index (χ1n) is 3.73. The Kier molecular flexibility index (Phi) is 158. The first-order chi connectivity index (χ1) is 12.0. The SMILES string of the molecule is O=S(=O)([O-])[O-].O=S(=O)([O-])[O-].O=S(=O)([O-])[O-].[Al+3].[Al+3].[O]=[Ca].[O]=[Ca].[O]=[Ca].[O]=[Ca].[O]=[Ca].[O]=[Ca]. The normalized spacial score (nSPS) is 7.24. The van der Waals surface area contributed by atoms with Crippen LogP contribution in [-0.2, 0) is 39.8 Å². The van der Waals surface area contributed by atoms with Crippen LogP contribution in [0.15, 0.2) is 0 Å². The van der Waals surface area contributed by atoms with Crippen molar-refractivity contribution in [2.24, 2.45) is 0 Å². The number of hydrogen-bond acceptors (Lipinski definition) is 18. The fourth-order valence-electron chi connectivity index (χ4n) is 0. The van der Waals surface area contributed by atoms with Crippen LogP contribution in [0.5, 0.6) is 0 Å². The van der Waals surface area contributed by atoms with Gasteiger partial charge in [-0.2, -0.15) is 0 Å². The molecular weight excluding hydrogens is 679 g/mol. The monoisotopic (exact) mass is 678 g/mol. The molecule has 0 aliphatic carbocycles. The van der Waals surface area contributed by atoms with Crippen LogP contribution in [0.25, 0.3) is 0 Å². The number of hydrogen-bond donors (Lipinski definition) is 0. The third-order valence-corrected chi connectivity index (χ3v) is 0. The molecule has 29 heteroatoms. The van der Waals surface area contributed by atoms with E-state index in [2.05, 4.69) is 0 Å². The Bertz CT molecular complexity index is 433. The first kappa shape index (κ1) is 70.6. The summed E-state index contributed by atoms with van der Waals surface area (Å²) in [4.78, 5) is 0. The summed E-state index contributed by atoms with van der Waals surface area (Å²) in [5, 5.41) is 0. The second kappa shape index (κ2) is 64.8. The molecule has 144 valence electrons. The standard InChI is InChI=1S/2Al.6Ca.3H2O4S.6O/c;;;;;;;;3*1-5(2,3)4;;;;;;/h;;;;;;;;3*(H2,1,2,3,4);;;;;;/q2*+3;;;;;;;;;;;;;;;/p-6. The van der Waals surface area contributed by atoms with Gasteiger partial charge in [0, 0.05) is 31.2 Å². The van der Waals surface area contributed by atoms with Crippen LogP contribution in [0.3, 0.4) is 0 Å². The minimum absolute atomic E-state index is 0. The predicted octanol–water partition coefficient (Wildman–Crippen LogP) is -7.77. The summed E-state index contributed by atoms with van der Waals surface area (Å²) in [6, 6.07) is 0. The van der Waals surface area contributed by atoms with Gasteiger partial charge in [-0.15, -0.1) is 0 Å². The van der Waals surface area contributed by atoms with Crippen molar-refractivity contribution in [1.29, 1.82) is 0 Å². The van der Waals surface area contributed by atoms with Crippen molar-refractivity contribution < 1.29 is 61.2 Å². The van der Waals surface area contributed by atoms with Gasteiger partial charge in [0.2, 0.25) is 0 Å². The molecule has 0 aliphatic rings. The van der Waals surface area contributed by atoms with Crippen LogP contribution in [-0.4, -0.2) is 303 Å². The maximum absolute atomic E-state index is 8.52. The molecule has 0 radical (unpaired) electrons. The van der Waals surface area contributed by atoms with Gasteiger partial charge in [0.05, 0.1) is 0 Å². The quantitative estimate of drug-likeness (QED) is 0.130. The van der Waals surface area contributed by atoms with Crippen molar-refractivity contribution in [3.05, 3.63) is 0 Å². The Morgan fingerprint density at radius 3 is 0.310 bits per heavy atom. The Hall–Kier alpha value is 7.03. The summed E-state index contributed by atoms with van der Waals surface area (Å²) in [6.45, 7) is 0. The zero-order valence-corrected chi connectivity index (χ0v) is 32.0. The van der Waals surface area contributed by atoms with Crippen LogP contribution in [0.1, 0.15) is 0 Å². The molecule has 0 aromatic rings. The molecule has 0 bridgehead atoms. The fourth-order valence-corrected chi connectivity index (χ4v) is 0. The molecule has 0 heterocycles. The molecule has 0 N–H and O–H groups in total. The Balaban J connectivity index is -0.0000000144. The summed E-state index contributed by atoms with van der Waals surface area (Å²) in [5.41, 5.74) is 0. The molecule has 0 rings (SSSR count). The van der Waals surface area contributed by atoms with Gasteiger partial charge >= 0.3 is 259 Å². The van der Waals surface area contributed by atoms with Gasteiger partial charge in [0.25, 0.3) is 0 Å². The van der Waals surface area contributed by atoms with E-state index >= 15 is 0 Å². The van der Waals surface area contributed by atoms with Gasteiger partial charge in [0.1, 0.15) is 0 Å². The second-order valence-corrected chi connectivity index (χ2v) is 3.67. The zero-order valence-electron chi connectivity index (χ0n) is 14.0. The van der Waals surface area contributed by atoms with Crippen LogP contribution in [0, 0.1) is 0 Å². The van der Waals surface area contributed by atoms with Gasteiger partial charge in [-0.25, -0.2) is 0 Å². The molecule has 18 nitrogen and oxygen atoms in total. The van der Waals surface area contributed by atoms with E-state index in [9.17, 15) is 0 Å². The molecule has 0 fully saturated rings. The van der Waals surface area contributed by atoms with E-state index in [1.165, 1.54) is 0 Å². The summed E-state index contributed by atoms with van der Waals surface area (Å²) in [6.07, 6.45) is 0. The minimum atomic E-state index is -5.17. The summed E-state index contributed by atoms with van der Waals surface area (Å²) < 4.78 is 152. The molecule has 0 spiro atoms. The molecular formula is Al2Ca6O18S3. The van der Waals surface area contributed by atoms with E-state index in [0.29, 0.717) is 0 Å². The first-order valence-corrected chi connectivity index (χ1v) is 13.1. The van der Waals surface area contributed by atoms with E-state index in [1.54, 1.807) is 0 Å². The average Bonchev–Trinajstić information content (AvgIpc) is 2.54. The Morgan fingerprint density at radius 1 is 0.310 bits per heavy atom. The third-order valence-electron chi connectivity index (χ3n) is 0. The van der Waals surface area contributed by atoms with Crippen LogP contribution in [0.4, 0.5) is 0 Å². The maximum atomic E-state index is 8.52. The van der Waals surface area contributed by atoms with Gasteiger partial charge in [0.15, 0.2) is 0 Å². The van der Waals surface area contributed by atoms with Crippen molar-refractivity contribution in [3.8, 4) is 0 Å². The van der Waals surface area contributed by atoms with Crippen LogP contribution < -0.4 is 0 Å². The average molecular weight is 679 g/mol. The van der Waals surface area contributed by atoms with Crippen LogP contribution in [0.2, 0.25) is 0 Å². The molecule has 0 aromatic carbocycles. The molecule has 0 saturated carbocycles. The third kappa shape index (κ3) is 773. The van der Waals surface area contributed by atoms with Crippen molar-refractivity contribution >= 4 is 281 Å². The van der Waals surface area contributed by atoms with Crippen molar-refractivity contribution in [2.45, 2.75) is 0 Å². The second-order valence-electron chi connectivity index (χ2n) is 1.22. The summed E-state index contributed by atoms with van der Waals surface area (Å²) >= 11 is 0.750. The van der Waals surface area contributed by atoms with Gasteiger partial charge in [-0.05, 0) is 0 Å². The van der Waals surface area contributed by atoms with Crippen molar-refractivity contribution in [1.82, 2.24) is 0 Å². The van der Waals surface area contributed by atoms with E-state index in [-0.39, 0.29) is 250 Å². The van der Waals surface area contributed by atoms with Gasteiger partial charge < -0.3 is 27.3 Å². The topological polar surface area (TPSA) is 343 Å². The molecule has 0 aromatic heterocycles. The van der Waals surface area contributed by atoms with E-state index < -0.39 is 31.2 Å². The van der Waals surface area contributed by atoms with E-state index in [4.69, 9.17) is 61.2 Å². The van der Waals surface area contributed by atoms with Crippen molar-refractivity contribution in [3.63, 3.8) is 0 Å². The molecule has 0 amide bonds. The zero-order chi connectivity index (χ0) is 25.5. The molecule has 0 unspecified atom stereocenters. The van der Waals surface area contributed by atoms with Crippen molar-refractivity contribution in [2.75, 3.05) is 0 Å². The predicted molar refractivity (Wildman–Crippen MR) is 81.6 cm³/mol. The molecule has 29 heavy (non-hydrogen) atoms. The molecule has 0 atom stereocenters. The summed E-state index contributed by atoms with van der Waals surface area (Å²) in [5.74, 6) is 0.